The van der Waals surface area contributed by atoms with Gasteiger partial charge in [-0.05, 0) is 52.4 Å². The van der Waals surface area contributed by atoms with Crippen LogP contribution in [-0.2, 0) is 10.2 Å². The number of benzene rings is 2. The van der Waals surface area contributed by atoms with Crippen LogP contribution < -0.4 is 4.90 Å². The Balaban J connectivity index is 1.81. The largest absolute Gasteiger partial charge is 0.443 e. The molecule has 5 nitrogen and oxygen atoms in total. The fraction of sp³-hybridized carbons (Fsp3) is 0.385. The highest BCUT2D eigenvalue weighted by atomic mass is 16.6. The van der Waals surface area contributed by atoms with Crippen LogP contribution in [0.25, 0.3) is 0 Å². The molecular weight excluding hydrogens is 388 g/mol. The quantitative estimate of drug-likeness (QED) is 0.518. The second-order valence-corrected chi connectivity index (χ2v) is 9.41. The maximum Gasteiger partial charge on any atom is 0.415 e. The zero-order chi connectivity index (χ0) is 22.2. The minimum Gasteiger partial charge on any atom is -0.443 e. The fourth-order valence-corrected chi connectivity index (χ4v) is 4.82. The van der Waals surface area contributed by atoms with Crippen molar-refractivity contribution in [1.29, 1.82) is 0 Å². The molecule has 0 saturated carbocycles. The van der Waals surface area contributed by atoms with Crippen LogP contribution >= 0.6 is 0 Å². The molecule has 0 aliphatic carbocycles. The topological polar surface area (TPSA) is 49.9 Å². The maximum atomic E-state index is 13.7. The molecule has 4 rings (SSSR count). The lowest BCUT2D eigenvalue weighted by Gasteiger charge is -2.36. The number of para-hydroxylation sites is 1. The van der Waals surface area contributed by atoms with Crippen molar-refractivity contribution < 1.29 is 14.3 Å². The van der Waals surface area contributed by atoms with Crippen molar-refractivity contribution in [3.05, 3.63) is 77.9 Å². The molecule has 2 aliphatic rings. The number of carbonyl (C=O) groups is 2. The molecule has 0 N–H and O–H groups in total. The zero-order valence-electron chi connectivity index (χ0n) is 18.7. The number of ether oxygens (including phenoxy) is 1. The molecule has 0 unspecified atom stereocenters. The fourth-order valence-electron chi connectivity index (χ4n) is 4.82. The summed E-state index contributed by atoms with van der Waals surface area (Å²) in [5, 5.41) is 0. The van der Waals surface area contributed by atoms with Crippen molar-refractivity contribution >= 4 is 17.6 Å². The van der Waals surface area contributed by atoms with E-state index in [0.29, 0.717) is 12.1 Å². The third-order valence-corrected chi connectivity index (χ3v) is 6.13. The Morgan fingerprint density at radius 2 is 1.71 bits per heavy atom. The van der Waals surface area contributed by atoms with Gasteiger partial charge in [-0.3, -0.25) is 14.6 Å². The van der Waals surface area contributed by atoms with Gasteiger partial charge in [0.05, 0.1) is 11.7 Å². The van der Waals surface area contributed by atoms with Gasteiger partial charge in [0.25, 0.3) is 0 Å². The van der Waals surface area contributed by atoms with Crippen LogP contribution in [0.5, 0.6) is 0 Å². The molecule has 1 fully saturated rings. The first-order chi connectivity index (χ1) is 14.7. The van der Waals surface area contributed by atoms with Gasteiger partial charge in [0.1, 0.15) is 5.60 Å². The number of likely N-dealkylation sites (N-methyl/N-ethyl adjacent to an activating group) is 1. The molecule has 5 heteroatoms. The van der Waals surface area contributed by atoms with Gasteiger partial charge >= 0.3 is 6.09 Å². The minimum absolute atomic E-state index is 0.103. The van der Waals surface area contributed by atoms with Crippen molar-refractivity contribution in [2.75, 3.05) is 25.0 Å². The number of carbonyl (C=O) groups excluding carboxylic acids is 2. The van der Waals surface area contributed by atoms with Gasteiger partial charge in [-0.15, -0.1) is 0 Å². The molecule has 2 atom stereocenters. The van der Waals surface area contributed by atoms with Gasteiger partial charge in [-0.25, -0.2) is 4.79 Å². The number of rotatable bonds is 2. The SMILES string of the molecule is CN1CC[C@]2(C=CCN(C(=O)OC(C)(C)C)c3ccccc32)[C@H]1C(=O)c1ccccc1. The number of Topliss-reactive ketones (excluding diaryl/α,β-unsaturated/α-hetero) is 1. The number of fused-ring (bicyclic) bond motifs is 2. The average molecular weight is 419 g/mol. The first kappa shape index (κ1) is 21.3. The van der Waals surface area contributed by atoms with E-state index in [9.17, 15) is 9.59 Å². The third kappa shape index (κ3) is 3.90. The van der Waals surface area contributed by atoms with E-state index in [4.69, 9.17) is 4.74 Å². The van der Waals surface area contributed by atoms with E-state index in [1.807, 2.05) is 88.5 Å². The highest BCUT2D eigenvalue weighted by molar-refractivity contribution is 6.02. The zero-order valence-corrected chi connectivity index (χ0v) is 18.7. The van der Waals surface area contributed by atoms with Crippen molar-refractivity contribution in [2.24, 2.45) is 0 Å². The molecular formula is C26H30N2O3. The van der Waals surface area contributed by atoms with Crippen LogP contribution in [0.4, 0.5) is 10.5 Å². The second-order valence-electron chi connectivity index (χ2n) is 9.41. The lowest BCUT2D eigenvalue weighted by molar-refractivity contribution is 0.0584. The van der Waals surface area contributed by atoms with Gasteiger partial charge < -0.3 is 4.74 Å². The molecule has 1 spiro atoms. The van der Waals surface area contributed by atoms with Gasteiger partial charge in [0.15, 0.2) is 5.78 Å². The number of ketones is 1. The van der Waals surface area contributed by atoms with E-state index >= 15 is 0 Å². The van der Waals surface area contributed by atoms with Gasteiger partial charge in [0, 0.05) is 17.5 Å². The Kier molecular flexibility index (Phi) is 5.48. The molecule has 2 heterocycles. The van der Waals surface area contributed by atoms with Crippen molar-refractivity contribution in [3.63, 3.8) is 0 Å². The highest BCUT2D eigenvalue weighted by Gasteiger charge is 2.51. The van der Waals surface area contributed by atoms with Crippen LogP contribution in [0.2, 0.25) is 0 Å². The second kappa shape index (κ2) is 7.97. The Morgan fingerprint density at radius 1 is 1.03 bits per heavy atom. The number of hydrogen-bond donors (Lipinski definition) is 0. The number of nitrogens with zero attached hydrogens (tertiary/aromatic N) is 2. The van der Waals surface area contributed by atoms with E-state index < -0.39 is 11.0 Å². The van der Waals surface area contributed by atoms with Crippen LogP contribution in [0.15, 0.2) is 66.7 Å². The summed E-state index contributed by atoms with van der Waals surface area (Å²) >= 11 is 0. The van der Waals surface area contributed by atoms with Gasteiger partial charge in [-0.1, -0.05) is 60.7 Å². The predicted molar refractivity (Wildman–Crippen MR) is 123 cm³/mol. The van der Waals surface area contributed by atoms with E-state index in [1.54, 1.807) is 4.90 Å². The standard InChI is InChI=1S/C26H30N2O3/c1-25(2,3)31-24(30)28-17-10-15-26(20-13-8-9-14-21(20)28)16-18-27(4)23(26)22(29)19-11-6-5-7-12-19/h5-15,23H,16-18H2,1-4H3/t23-,26+/m1/s1. The minimum atomic E-state index is -0.584. The Bertz CT molecular complexity index is 1010. The summed E-state index contributed by atoms with van der Waals surface area (Å²) in [5.41, 5.74) is 1.42. The molecule has 2 aliphatic heterocycles. The Labute approximate surface area is 184 Å². The molecule has 0 bridgehead atoms. The molecule has 31 heavy (non-hydrogen) atoms. The molecule has 0 radical (unpaired) electrons. The van der Waals surface area contributed by atoms with Crippen molar-refractivity contribution in [3.8, 4) is 0 Å². The number of amides is 1. The summed E-state index contributed by atoms with van der Waals surface area (Å²) in [6, 6.07) is 17.0. The average Bonchev–Trinajstić information content (AvgIpc) is 2.97. The van der Waals surface area contributed by atoms with Crippen LogP contribution in [-0.4, -0.2) is 48.6 Å². The molecule has 1 saturated heterocycles. The summed E-state index contributed by atoms with van der Waals surface area (Å²) < 4.78 is 5.68. The predicted octanol–water partition coefficient (Wildman–Crippen LogP) is 4.82. The summed E-state index contributed by atoms with van der Waals surface area (Å²) in [7, 11) is 2.01. The molecule has 2 aromatic carbocycles. The molecule has 0 aromatic heterocycles. The van der Waals surface area contributed by atoms with Crippen molar-refractivity contribution in [2.45, 2.75) is 44.2 Å². The Morgan fingerprint density at radius 3 is 2.42 bits per heavy atom. The van der Waals surface area contributed by atoms with Gasteiger partial charge in [0.2, 0.25) is 0 Å². The Hall–Kier alpha value is -2.92. The summed E-state index contributed by atoms with van der Waals surface area (Å²) in [6.07, 6.45) is 4.58. The summed E-state index contributed by atoms with van der Waals surface area (Å²) in [4.78, 5) is 30.5. The van der Waals surface area contributed by atoms with Crippen LogP contribution in [0.1, 0.15) is 43.1 Å². The monoisotopic (exact) mass is 418 g/mol. The van der Waals surface area contributed by atoms with E-state index in [-0.39, 0.29) is 17.9 Å². The summed E-state index contributed by atoms with van der Waals surface area (Å²) in [5.74, 6) is 0.103. The van der Waals surface area contributed by atoms with Crippen LogP contribution in [0, 0.1) is 0 Å². The smallest absolute Gasteiger partial charge is 0.415 e. The first-order valence-corrected chi connectivity index (χ1v) is 10.8. The first-order valence-electron chi connectivity index (χ1n) is 10.8. The maximum absolute atomic E-state index is 13.7. The van der Waals surface area contributed by atoms with E-state index in [2.05, 4.69) is 11.0 Å². The van der Waals surface area contributed by atoms with Crippen molar-refractivity contribution in [1.82, 2.24) is 4.90 Å². The van der Waals surface area contributed by atoms with Gasteiger partial charge in [-0.2, -0.15) is 0 Å². The van der Waals surface area contributed by atoms with E-state index in [0.717, 1.165) is 24.2 Å². The number of likely N-dealkylation sites (tertiary alicyclic amines) is 1. The summed E-state index contributed by atoms with van der Waals surface area (Å²) in [6.45, 7) is 6.81. The molecule has 1 amide bonds. The molecule has 2 aromatic rings. The van der Waals surface area contributed by atoms with Crippen LogP contribution in [0.3, 0.4) is 0 Å². The lowest BCUT2D eigenvalue weighted by Crippen LogP contribution is -2.46. The number of hydrogen-bond acceptors (Lipinski definition) is 4. The number of anilines is 1. The lowest BCUT2D eigenvalue weighted by atomic mass is 9.71. The molecule has 162 valence electrons. The highest BCUT2D eigenvalue weighted by Crippen LogP contribution is 2.47. The third-order valence-electron chi connectivity index (χ3n) is 6.13. The van der Waals surface area contributed by atoms with E-state index in [1.165, 1.54) is 0 Å². The normalized spacial score (nSPS) is 23.5.